The van der Waals surface area contributed by atoms with E-state index >= 15 is 0 Å². The molecule has 626 valence electrons. The highest BCUT2D eigenvalue weighted by atomic mass is 16.3. The van der Waals surface area contributed by atoms with Crippen LogP contribution < -0.4 is 109 Å². The van der Waals surface area contributed by atoms with Crippen LogP contribution in [0.15, 0.2) is 24.3 Å². The summed E-state index contributed by atoms with van der Waals surface area (Å²) in [5, 5.41) is 61.4. The number of nitrogens with zero attached hydrogens (tertiary/aromatic N) is 1. The molecule has 0 aliphatic carbocycles. The third-order valence-corrected chi connectivity index (χ3v) is 18.1. The molecule has 15 atom stereocenters. The number of nitrogens with two attached hydrogens (primary N) is 7. The van der Waals surface area contributed by atoms with Gasteiger partial charge in [0, 0.05) is 19.4 Å². The molecule has 0 radical (unpaired) electrons. The van der Waals surface area contributed by atoms with E-state index in [1.165, 1.54) is 43.0 Å². The summed E-state index contributed by atoms with van der Waals surface area (Å²) in [5.41, 5.74) is 36.5. The maximum atomic E-state index is 14.6. The molecule has 1 aliphatic heterocycles. The van der Waals surface area contributed by atoms with Gasteiger partial charge in [0.1, 0.15) is 84.3 Å². The minimum Gasteiger partial charge on any atom is -0.508 e. The monoisotopic (exact) mass is 1570 g/mol. The fraction of sp³-hybridized carbons (Fsp3) is 0.690. The van der Waals surface area contributed by atoms with E-state index < -0.39 is 210 Å². The van der Waals surface area contributed by atoms with Gasteiger partial charge >= 0.3 is 0 Å². The topological polar surface area (TPSA) is 676 Å². The van der Waals surface area contributed by atoms with E-state index in [4.69, 9.17) is 40.2 Å². The predicted molar refractivity (Wildman–Crippen MR) is 405 cm³/mol. The second-order valence-corrected chi connectivity index (χ2v) is 29.1. The van der Waals surface area contributed by atoms with E-state index in [1.807, 2.05) is 0 Å². The number of nitrogens with one attached hydrogen (secondary N) is 13. The average Bonchev–Trinajstić information content (AvgIpc) is 1.83. The molecule has 1 saturated heterocycles. The van der Waals surface area contributed by atoms with Gasteiger partial charge < -0.3 is 118 Å². The number of hydrogen-bond donors (Lipinski definition) is 23. The van der Waals surface area contributed by atoms with Crippen LogP contribution >= 0.6 is 0 Å². The first kappa shape index (κ1) is 97.3. The average molecular weight is 1570 g/mol. The van der Waals surface area contributed by atoms with Crippen LogP contribution in [-0.4, -0.2) is 238 Å². The largest absolute Gasteiger partial charge is 0.508 e. The molecule has 1 fully saturated rings. The third kappa shape index (κ3) is 35.4. The lowest BCUT2D eigenvalue weighted by atomic mass is 9.99. The number of hydrazine groups is 1. The Labute approximate surface area is 646 Å². The number of rotatable bonds is 53. The summed E-state index contributed by atoms with van der Waals surface area (Å²) in [6, 6.07) is -13.7. The zero-order valence-corrected chi connectivity index (χ0v) is 65.1. The Balaban J connectivity index is 2.52. The summed E-state index contributed by atoms with van der Waals surface area (Å²) >= 11 is 0. The van der Waals surface area contributed by atoms with E-state index in [0.717, 1.165) is 6.92 Å². The fourth-order valence-corrected chi connectivity index (χ4v) is 11.9. The normalized spacial score (nSPS) is 16.5. The third-order valence-electron chi connectivity index (χ3n) is 18.1. The number of primary amides is 3. The van der Waals surface area contributed by atoms with E-state index in [-0.39, 0.29) is 102 Å². The first-order valence-electron chi connectivity index (χ1n) is 37.7. The highest BCUT2D eigenvalue weighted by molar-refractivity contribution is 6.01. The van der Waals surface area contributed by atoms with Crippen LogP contribution in [0.2, 0.25) is 0 Å². The van der Waals surface area contributed by atoms with Gasteiger partial charge in [-0.1, -0.05) is 53.7 Å². The lowest BCUT2D eigenvalue weighted by molar-refractivity contribution is -0.139. The number of benzene rings is 1. The maximum absolute atomic E-state index is 14.6. The molecular formula is C71H123N21O19. The first-order valence-corrected chi connectivity index (χ1v) is 37.7. The summed E-state index contributed by atoms with van der Waals surface area (Å²) in [6.07, 6.45) is -2.95. The maximum Gasteiger partial charge on any atom is 0.245 e. The molecule has 2 rings (SSSR count). The quantitative estimate of drug-likeness (QED) is 0.0164. The molecule has 1 aromatic carbocycles. The number of carbonyl (C=O) groups is 16. The number of phenolic OH excluding ortho intramolecular Hbond substituents is 1. The Hall–Kier alpha value is -9.74. The highest BCUT2D eigenvalue weighted by Crippen LogP contribution is 2.20. The Bertz CT molecular complexity index is 3270. The standard InChI is InChI=1S/C71H123N21O19/c1-36(2)31-48(65(105)80-39(7)60(100)90-57(40(8)93)59(77)99)85-62(102)44(17-10-13-27-72)81-66(106)49(32-37(3)4)88-71(111)58(41(9)94)91-68(108)51(34-54(76)97)87-64(104)47(25-26-53(75)96)82-61(101)46(19-12-15-29-74)84-70(110)56(38(5)6)89-67(107)50(33-42-21-23-43(95)24-22-42)86-63(103)45(18-11-14-28-73)83-69(109)52-20-16-30-92(52)55(98)35-79-78/h21-24,36-41,44-52,56-58,79,93-95H,10-20,25-35,72-74,78H2,1-9H3,(H2,75,96)(H2,76,97)(H2,77,99)(H,80,105)(H,81,106)(H,82,101)(H,83,109)(H,84,110)(H,85,102)(H,86,103)(H,87,104)(H,88,111)(H,89,107)(H,90,100)(H,91,108)/t39-,40+,41+,44-,45-,46-,47-,48-,49-,50-,51-,52-,56-,57-,58-/m0/s1. The van der Waals surface area contributed by atoms with Crippen LogP contribution in [0.25, 0.3) is 0 Å². The number of aromatic hydroxyl groups is 1. The SMILES string of the molecule is CC(C)C[C@H](NC(=O)[C@H](CCCCN)NC(=O)[C@H](CC(C)C)NC(=O)[C@@H](NC(=O)[C@H](CC(N)=O)NC(=O)[C@H](CCC(N)=O)NC(=O)[C@H](CCCCN)NC(=O)[C@@H](NC(=O)[C@H](Cc1ccc(O)cc1)NC(=O)[C@H](CCCCN)NC(=O)[C@@H]1CCCN1C(=O)CNN)C(C)C)[C@@H](C)O)C(=O)N[C@@H](C)C(=O)N[C@H](C(N)=O)[C@@H](C)O. The van der Waals surface area contributed by atoms with Gasteiger partial charge in [-0.3, -0.25) is 88.0 Å². The molecular weight excluding hydrogens is 1450 g/mol. The van der Waals surface area contributed by atoms with E-state index in [0.29, 0.717) is 44.1 Å². The smallest absolute Gasteiger partial charge is 0.245 e. The number of phenols is 1. The second kappa shape index (κ2) is 50.2. The van der Waals surface area contributed by atoms with E-state index in [9.17, 15) is 92.0 Å². The molecule has 30 N–H and O–H groups in total. The zero-order valence-electron chi connectivity index (χ0n) is 65.1. The fourth-order valence-electron chi connectivity index (χ4n) is 11.9. The minimum absolute atomic E-state index is 0.0264. The number of likely N-dealkylation sites (tertiary alicyclic amines) is 1. The van der Waals surface area contributed by atoms with Crippen molar-refractivity contribution in [2.24, 2.45) is 58.0 Å². The van der Waals surface area contributed by atoms with E-state index in [2.05, 4.69) is 69.2 Å². The summed E-state index contributed by atoms with van der Waals surface area (Å²) in [7, 11) is 0. The molecule has 40 heteroatoms. The van der Waals surface area contributed by atoms with Gasteiger partial charge in [0.15, 0.2) is 0 Å². The molecule has 40 nitrogen and oxygen atoms in total. The van der Waals surface area contributed by atoms with Gasteiger partial charge in [0.25, 0.3) is 0 Å². The number of aliphatic hydroxyl groups is 2. The molecule has 1 heterocycles. The van der Waals surface area contributed by atoms with Crippen molar-refractivity contribution >= 4 is 94.5 Å². The van der Waals surface area contributed by atoms with Crippen LogP contribution in [-0.2, 0) is 83.1 Å². The van der Waals surface area contributed by atoms with Crippen molar-refractivity contribution < 1.29 is 92.0 Å². The molecule has 111 heavy (non-hydrogen) atoms. The molecule has 0 aromatic heterocycles. The number of aliphatic hydroxyl groups excluding tert-OH is 2. The van der Waals surface area contributed by atoms with Crippen LogP contribution in [0.5, 0.6) is 5.75 Å². The lowest BCUT2D eigenvalue weighted by Crippen LogP contribution is -2.62. The van der Waals surface area contributed by atoms with Crippen molar-refractivity contribution in [2.75, 3.05) is 32.7 Å². The zero-order chi connectivity index (χ0) is 83.9. The molecule has 0 unspecified atom stereocenters. The first-order chi connectivity index (χ1) is 52.2. The van der Waals surface area contributed by atoms with Crippen molar-refractivity contribution in [3.05, 3.63) is 29.8 Å². The van der Waals surface area contributed by atoms with E-state index in [1.54, 1.807) is 41.5 Å². The lowest BCUT2D eigenvalue weighted by Gasteiger charge is -2.30. The van der Waals surface area contributed by atoms with Crippen molar-refractivity contribution in [2.45, 2.75) is 262 Å². The van der Waals surface area contributed by atoms with Crippen LogP contribution in [0.3, 0.4) is 0 Å². The van der Waals surface area contributed by atoms with Crippen molar-refractivity contribution in [3.8, 4) is 5.75 Å². The summed E-state index contributed by atoms with van der Waals surface area (Å²) in [6.45, 7) is 14.2. The molecule has 1 aromatic rings. The van der Waals surface area contributed by atoms with Gasteiger partial charge in [-0.15, -0.1) is 0 Å². The molecule has 0 bridgehead atoms. The molecule has 0 saturated carbocycles. The van der Waals surface area contributed by atoms with Gasteiger partial charge in [-0.25, -0.2) is 0 Å². The van der Waals surface area contributed by atoms with Crippen LogP contribution in [0.4, 0.5) is 0 Å². The number of unbranched alkanes of at least 4 members (excludes halogenated alkanes) is 3. The van der Waals surface area contributed by atoms with Gasteiger partial charge in [-0.2, -0.15) is 0 Å². The van der Waals surface area contributed by atoms with Gasteiger partial charge in [-0.05, 0) is 166 Å². The summed E-state index contributed by atoms with van der Waals surface area (Å²) < 4.78 is 0. The van der Waals surface area contributed by atoms with Crippen molar-refractivity contribution in [3.63, 3.8) is 0 Å². The van der Waals surface area contributed by atoms with Crippen molar-refractivity contribution in [1.82, 2.24) is 74.1 Å². The predicted octanol–water partition coefficient (Wildman–Crippen LogP) is -7.25. The number of carbonyl (C=O) groups excluding carboxylic acids is 16. The molecule has 1 aliphatic rings. The molecule has 0 spiro atoms. The van der Waals surface area contributed by atoms with Gasteiger partial charge in [0.05, 0.1) is 25.2 Å². The Morgan fingerprint density at radius 2 is 0.829 bits per heavy atom. The number of hydrogen-bond acceptors (Lipinski definition) is 24. The van der Waals surface area contributed by atoms with Crippen molar-refractivity contribution in [1.29, 1.82) is 0 Å². The Morgan fingerprint density at radius 3 is 1.27 bits per heavy atom. The summed E-state index contributed by atoms with van der Waals surface area (Å²) in [4.78, 5) is 221. The van der Waals surface area contributed by atoms with Gasteiger partial charge in [0.2, 0.25) is 94.5 Å². The van der Waals surface area contributed by atoms with Crippen LogP contribution in [0.1, 0.15) is 171 Å². The Kier molecular flexibility index (Phi) is 44.0. The minimum atomic E-state index is -2.00. The number of amides is 16. The second-order valence-electron chi connectivity index (χ2n) is 29.1. The highest BCUT2D eigenvalue weighted by Gasteiger charge is 2.41. The molecule has 16 amide bonds. The van der Waals surface area contributed by atoms with Crippen LogP contribution in [0, 0.1) is 17.8 Å². The summed E-state index contributed by atoms with van der Waals surface area (Å²) in [5.74, 6) is -11.2. The Morgan fingerprint density at radius 1 is 0.441 bits per heavy atom.